The lowest BCUT2D eigenvalue weighted by molar-refractivity contribution is -0.114. The Hall–Kier alpha value is -2.36. The van der Waals surface area contributed by atoms with E-state index in [1.807, 2.05) is 30.3 Å². The first-order valence-corrected chi connectivity index (χ1v) is 8.10. The molecule has 0 atom stereocenters. The van der Waals surface area contributed by atoms with Gasteiger partial charge in [0.25, 0.3) is 5.91 Å². The van der Waals surface area contributed by atoms with Crippen LogP contribution in [0.15, 0.2) is 71.4 Å². The third-order valence-electron chi connectivity index (χ3n) is 3.56. The van der Waals surface area contributed by atoms with E-state index in [9.17, 15) is 4.79 Å². The third kappa shape index (κ3) is 3.42. The number of allylic oxidation sites excluding steroid dienone is 2. The molecule has 2 aromatic carbocycles. The first-order valence-electron chi connectivity index (χ1n) is 7.35. The van der Waals surface area contributed by atoms with Gasteiger partial charge in [0.15, 0.2) is 0 Å². The van der Waals surface area contributed by atoms with Gasteiger partial charge in [0.2, 0.25) is 0 Å². The minimum Gasteiger partial charge on any atom is -0.267 e. The molecule has 1 aliphatic rings. The van der Waals surface area contributed by atoms with Crippen LogP contribution in [0.3, 0.4) is 0 Å². The van der Waals surface area contributed by atoms with Crippen LogP contribution in [0.4, 0.5) is 5.69 Å². The molecule has 0 bridgehead atoms. The maximum Gasteiger partial charge on any atom is 0.280 e. The van der Waals surface area contributed by atoms with Crippen LogP contribution in [0.5, 0.6) is 0 Å². The van der Waals surface area contributed by atoms with Crippen molar-refractivity contribution in [3.8, 4) is 0 Å². The monoisotopic (exact) mass is 356 g/mol. The Morgan fingerprint density at radius 2 is 1.88 bits per heavy atom. The van der Waals surface area contributed by atoms with Gasteiger partial charge < -0.3 is 0 Å². The number of benzene rings is 2. The maximum absolute atomic E-state index is 12.6. The molecule has 0 N–H and O–H groups in total. The number of halogens is 2. The lowest BCUT2D eigenvalue weighted by Crippen LogP contribution is -2.21. The summed E-state index contributed by atoms with van der Waals surface area (Å²) in [5.41, 5.74) is 2.73. The predicted molar refractivity (Wildman–Crippen MR) is 101 cm³/mol. The maximum atomic E-state index is 12.6. The zero-order valence-corrected chi connectivity index (χ0v) is 14.4. The van der Waals surface area contributed by atoms with E-state index in [-0.39, 0.29) is 5.91 Å². The summed E-state index contributed by atoms with van der Waals surface area (Å²) >= 11 is 12.1. The SMILES string of the molecule is CC1=NN(c2cccc(Cl)c2)C(=O)/C1=C/C=C/c1ccccc1Cl. The van der Waals surface area contributed by atoms with Gasteiger partial charge in [0.05, 0.1) is 17.0 Å². The molecule has 5 heteroatoms. The number of amides is 1. The van der Waals surface area contributed by atoms with Gasteiger partial charge in [0, 0.05) is 10.0 Å². The summed E-state index contributed by atoms with van der Waals surface area (Å²) in [6.07, 6.45) is 5.40. The van der Waals surface area contributed by atoms with Gasteiger partial charge in [-0.25, -0.2) is 0 Å². The van der Waals surface area contributed by atoms with E-state index < -0.39 is 0 Å². The second kappa shape index (κ2) is 7.04. The van der Waals surface area contributed by atoms with Gasteiger partial charge in [0.1, 0.15) is 0 Å². The van der Waals surface area contributed by atoms with Gasteiger partial charge in [-0.3, -0.25) is 4.79 Å². The minimum absolute atomic E-state index is 0.182. The summed E-state index contributed by atoms with van der Waals surface area (Å²) < 4.78 is 0. The summed E-state index contributed by atoms with van der Waals surface area (Å²) in [5.74, 6) is -0.182. The zero-order valence-electron chi connectivity index (χ0n) is 12.9. The fourth-order valence-electron chi connectivity index (χ4n) is 2.35. The lowest BCUT2D eigenvalue weighted by Gasteiger charge is -2.11. The summed E-state index contributed by atoms with van der Waals surface area (Å²) in [6, 6.07) is 14.6. The van der Waals surface area contributed by atoms with Gasteiger partial charge in [-0.1, -0.05) is 59.6 Å². The average molecular weight is 357 g/mol. The van der Waals surface area contributed by atoms with Crippen LogP contribution >= 0.6 is 23.2 Å². The fourth-order valence-corrected chi connectivity index (χ4v) is 2.73. The topological polar surface area (TPSA) is 32.7 Å². The average Bonchev–Trinajstić information content (AvgIpc) is 2.84. The molecule has 1 aliphatic heterocycles. The number of carbonyl (C=O) groups excluding carboxylic acids is 1. The van der Waals surface area contributed by atoms with Crippen molar-refractivity contribution in [3.05, 3.63) is 81.9 Å². The molecule has 120 valence electrons. The molecule has 3 nitrogen and oxygen atoms in total. The number of carbonyl (C=O) groups is 1. The Kier molecular flexibility index (Phi) is 4.84. The highest BCUT2D eigenvalue weighted by atomic mass is 35.5. The first kappa shape index (κ1) is 16.5. The number of anilines is 1. The summed E-state index contributed by atoms with van der Waals surface area (Å²) in [4.78, 5) is 12.6. The second-order valence-electron chi connectivity index (χ2n) is 5.24. The Bertz CT molecular complexity index is 884. The molecule has 2 aromatic rings. The molecule has 1 amide bonds. The molecule has 1 heterocycles. The van der Waals surface area contributed by atoms with Crippen LogP contribution in [0.1, 0.15) is 12.5 Å². The molecule has 0 aliphatic carbocycles. The lowest BCUT2D eigenvalue weighted by atomic mass is 10.1. The number of hydrazone groups is 1. The minimum atomic E-state index is -0.182. The zero-order chi connectivity index (χ0) is 17.1. The Morgan fingerprint density at radius 1 is 1.08 bits per heavy atom. The van der Waals surface area contributed by atoms with Gasteiger partial charge in [-0.05, 0) is 42.8 Å². The number of hydrogen-bond acceptors (Lipinski definition) is 2. The van der Waals surface area contributed by atoms with E-state index in [2.05, 4.69) is 5.10 Å². The summed E-state index contributed by atoms with van der Waals surface area (Å²) in [6.45, 7) is 1.80. The van der Waals surface area contributed by atoms with Crippen molar-refractivity contribution in [2.75, 3.05) is 5.01 Å². The van der Waals surface area contributed by atoms with Crippen LogP contribution in [-0.4, -0.2) is 11.6 Å². The van der Waals surface area contributed by atoms with Gasteiger partial charge in [-0.2, -0.15) is 10.1 Å². The Labute approximate surface area is 150 Å². The number of nitrogens with zero attached hydrogens (tertiary/aromatic N) is 2. The Morgan fingerprint density at radius 3 is 2.62 bits per heavy atom. The summed E-state index contributed by atoms with van der Waals surface area (Å²) in [5, 5.41) is 6.90. The van der Waals surface area contributed by atoms with Crippen molar-refractivity contribution in [2.24, 2.45) is 5.10 Å². The van der Waals surface area contributed by atoms with E-state index in [4.69, 9.17) is 23.2 Å². The molecule has 0 fully saturated rings. The molecular formula is C19H14Cl2N2O. The standard InChI is InChI=1S/C19H14Cl2N2O/c1-13-17(10-4-7-14-6-2-3-11-18(14)21)19(24)23(22-13)16-9-5-8-15(20)12-16/h2-12H,1H3/b7-4+,17-10+. The molecule has 24 heavy (non-hydrogen) atoms. The van der Waals surface area contributed by atoms with E-state index >= 15 is 0 Å². The number of hydrogen-bond donors (Lipinski definition) is 0. The van der Waals surface area contributed by atoms with E-state index in [1.54, 1.807) is 43.3 Å². The molecule has 0 radical (unpaired) electrons. The van der Waals surface area contributed by atoms with Crippen molar-refractivity contribution < 1.29 is 4.79 Å². The highest BCUT2D eigenvalue weighted by molar-refractivity contribution is 6.32. The highest BCUT2D eigenvalue weighted by Gasteiger charge is 2.28. The predicted octanol–water partition coefficient (Wildman–Crippen LogP) is 5.36. The second-order valence-corrected chi connectivity index (χ2v) is 6.09. The van der Waals surface area contributed by atoms with Crippen molar-refractivity contribution in [1.29, 1.82) is 0 Å². The molecule has 0 saturated heterocycles. The quantitative estimate of drug-likeness (QED) is 0.681. The fraction of sp³-hybridized carbons (Fsp3) is 0.0526. The van der Waals surface area contributed by atoms with Crippen molar-refractivity contribution in [2.45, 2.75) is 6.92 Å². The third-order valence-corrected chi connectivity index (χ3v) is 4.14. The van der Waals surface area contributed by atoms with Gasteiger partial charge in [-0.15, -0.1) is 0 Å². The van der Waals surface area contributed by atoms with Crippen LogP contribution in [0.25, 0.3) is 6.08 Å². The molecule has 0 spiro atoms. The largest absolute Gasteiger partial charge is 0.280 e. The smallest absolute Gasteiger partial charge is 0.267 e. The van der Waals surface area contributed by atoms with Crippen LogP contribution in [-0.2, 0) is 4.79 Å². The van der Waals surface area contributed by atoms with Crippen molar-refractivity contribution in [1.82, 2.24) is 0 Å². The van der Waals surface area contributed by atoms with Crippen LogP contribution in [0, 0.1) is 0 Å². The van der Waals surface area contributed by atoms with Gasteiger partial charge >= 0.3 is 0 Å². The van der Waals surface area contributed by atoms with E-state index in [0.717, 1.165) is 5.56 Å². The molecule has 3 rings (SSSR count). The highest BCUT2D eigenvalue weighted by Crippen LogP contribution is 2.26. The number of rotatable bonds is 3. The van der Waals surface area contributed by atoms with Crippen molar-refractivity contribution >= 4 is 46.6 Å². The summed E-state index contributed by atoms with van der Waals surface area (Å²) in [7, 11) is 0. The first-order chi connectivity index (χ1) is 11.6. The Balaban J connectivity index is 1.84. The van der Waals surface area contributed by atoms with Crippen LogP contribution in [0.2, 0.25) is 10.0 Å². The molecule has 0 unspecified atom stereocenters. The van der Waals surface area contributed by atoms with E-state index in [1.165, 1.54) is 5.01 Å². The van der Waals surface area contributed by atoms with Crippen molar-refractivity contribution in [3.63, 3.8) is 0 Å². The molecule has 0 aromatic heterocycles. The van der Waals surface area contributed by atoms with E-state index in [0.29, 0.717) is 27.0 Å². The molecular weight excluding hydrogens is 343 g/mol. The molecule has 0 saturated carbocycles. The normalized spacial score (nSPS) is 16.3. The van der Waals surface area contributed by atoms with Crippen LogP contribution < -0.4 is 5.01 Å².